The van der Waals surface area contributed by atoms with E-state index in [1.165, 1.54) is 110 Å². The van der Waals surface area contributed by atoms with E-state index in [1.54, 1.807) is 0 Å². The number of hydrogen-bond donors (Lipinski definition) is 0. The monoisotopic (exact) mass is 694 g/mol. The highest BCUT2D eigenvalue weighted by Crippen LogP contribution is 2.45. The SMILES string of the molecule is C=Cc1c2n(c3ccc(C)cc13)-c1cc(C)cc3c1B(/C2=C/C)c1cc2c(cc1O3)Oc1cc(C)cc3c1B2c1cc(C)cc2c4cc(C)ccc4n-3c12. The van der Waals surface area contributed by atoms with E-state index in [0.29, 0.717) is 0 Å². The smallest absolute Gasteiger partial charge is 0.256 e. The van der Waals surface area contributed by atoms with Gasteiger partial charge in [0.2, 0.25) is 0 Å². The van der Waals surface area contributed by atoms with Crippen LogP contribution in [0.25, 0.3) is 55.6 Å². The van der Waals surface area contributed by atoms with Crippen LogP contribution < -0.4 is 36.8 Å². The maximum absolute atomic E-state index is 7.01. The van der Waals surface area contributed by atoms with Crippen molar-refractivity contribution < 1.29 is 9.47 Å². The molecule has 4 aliphatic rings. The van der Waals surface area contributed by atoms with Crippen molar-refractivity contribution in [1.29, 1.82) is 0 Å². The summed E-state index contributed by atoms with van der Waals surface area (Å²) in [6, 6.07) is 32.1. The van der Waals surface area contributed by atoms with E-state index in [2.05, 4.69) is 148 Å². The van der Waals surface area contributed by atoms with Crippen LogP contribution >= 0.6 is 0 Å². The molecular formula is C48H36B2N2O2. The van der Waals surface area contributed by atoms with Crippen LogP contribution in [0.4, 0.5) is 0 Å². The van der Waals surface area contributed by atoms with Crippen molar-refractivity contribution in [3.8, 4) is 34.4 Å². The highest BCUT2D eigenvalue weighted by Gasteiger charge is 2.46. The quantitative estimate of drug-likeness (QED) is 0.161. The van der Waals surface area contributed by atoms with Gasteiger partial charge in [0.25, 0.3) is 13.4 Å². The molecule has 8 aromatic rings. The van der Waals surface area contributed by atoms with Gasteiger partial charge in [0.1, 0.15) is 23.0 Å². The Balaban J connectivity index is 1.17. The molecule has 6 heteroatoms. The lowest BCUT2D eigenvalue weighted by atomic mass is 9.30. The normalized spacial score (nSPS) is 14.8. The fourth-order valence-corrected chi connectivity index (χ4v) is 10.6. The molecule has 0 N–H and O–H groups in total. The zero-order chi connectivity index (χ0) is 36.5. The lowest BCUT2D eigenvalue weighted by Crippen LogP contribution is -2.60. The minimum absolute atomic E-state index is 0.000323. The van der Waals surface area contributed by atoms with Crippen molar-refractivity contribution in [2.75, 3.05) is 0 Å². The standard InChI is InChI=1S/C48H36B2N2O2/c1-8-29-30-14-24(3)10-12-37(30)51-39-18-27(6)20-43-45(39)49(33(9-2)47(29)51)34-22-35-42(23-41(34)53-43)54-44-21-28(7)19-40-46(44)50(35)36-17-26(5)16-32-31-15-25(4)11-13-38(31)52(40)48(32)36/h8-23H,1H2,2-7H3/b33-9+. The first-order valence-electron chi connectivity index (χ1n) is 19.0. The number of ether oxygens (including phenoxy) is 2. The summed E-state index contributed by atoms with van der Waals surface area (Å²) in [5, 5.41) is 3.83. The van der Waals surface area contributed by atoms with Gasteiger partial charge in [-0.3, -0.25) is 0 Å². The first-order chi connectivity index (χ1) is 26.2. The van der Waals surface area contributed by atoms with Gasteiger partial charge in [-0.2, -0.15) is 0 Å². The Hall–Kier alpha value is -6.13. The van der Waals surface area contributed by atoms with Crippen LogP contribution in [0.2, 0.25) is 0 Å². The van der Waals surface area contributed by atoms with E-state index in [4.69, 9.17) is 9.47 Å². The molecule has 0 bridgehead atoms. The summed E-state index contributed by atoms with van der Waals surface area (Å²) >= 11 is 0. The van der Waals surface area contributed by atoms with Crippen molar-refractivity contribution in [2.45, 2.75) is 41.5 Å². The second-order valence-corrected chi connectivity index (χ2v) is 16.1. The largest absolute Gasteiger partial charge is 0.458 e. The minimum atomic E-state index is -0.0271. The summed E-state index contributed by atoms with van der Waals surface area (Å²) < 4.78 is 19.0. The number of benzene rings is 6. The minimum Gasteiger partial charge on any atom is -0.458 e. The average Bonchev–Trinajstić information content (AvgIpc) is 3.64. The molecular weight excluding hydrogens is 658 g/mol. The molecule has 0 spiro atoms. The summed E-state index contributed by atoms with van der Waals surface area (Å²) in [4.78, 5) is 0. The van der Waals surface area contributed by atoms with Crippen molar-refractivity contribution in [2.24, 2.45) is 0 Å². The van der Waals surface area contributed by atoms with Crippen molar-refractivity contribution >= 4 is 85.0 Å². The molecule has 54 heavy (non-hydrogen) atoms. The van der Waals surface area contributed by atoms with Crippen LogP contribution in [0.15, 0.2) is 97.6 Å². The topological polar surface area (TPSA) is 28.3 Å². The van der Waals surface area contributed by atoms with Crippen molar-refractivity contribution in [1.82, 2.24) is 9.13 Å². The number of aromatic nitrogens is 2. The van der Waals surface area contributed by atoms with Crippen molar-refractivity contribution in [3.05, 3.63) is 137 Å². The molecule has 0 saturated heterocycles. The zero-order valence-electron chi connectivity index (χ0n) is 31.3. The van der Waals surface area contributed by atoms with E-state index in [-0.39, 0.29) is 13.4 Å². The predicted molar refractivity (Wildman–Crippen MR) is 228 cm³/mol. The second kappa shape index (κ2) is 10.1. The molecule has 256 valence electrons. The van der Waals surface area contributed by atoms with E-state index >= 15 is 0 Å². The molecule has 12 rings (SSSR count). The molecule has 6 aromatic carbocycles. The van der Waals surface area contributed by atoms with Gasteiger partial charge in [0.05, 0.1) is 11.0 Å². The molecule has 4 nitrogen and oxygen atoms in total. The van der Waals surface area contributed by atoms with Crippen LogP contribution in [-0.2, 0) is 0 Å². The van der Waals surface area contributed by atoms with E-state index in [0.717, 1.165) is 28.6 Å². The van der Waals surface area contributed by atoms with Crippen LogP contribution in [0.3, 0.4) is 0 Å². The van der Waals surface area contributed by atoms with E-state index < -0.39 is 0 Å². The molecule has 0 aliphatic carbocycles. The Labute approximate surface area is 315 Å². The number of hydrogen-bond acceptors (Lipinski definition) is 2. The summed E-state index contributed by atoms with van der Waals surface area (Å²) in [5.41, 5.74) is 22.0. The molecule has 0 amide bonds. The third-order valence-electron chi connectivity index (χ3n) is 12.6. The Kier molecular flexibility index (Phi) is 5.67. The van der Waals surface area contributed by atoms with Gasteiger partial charge in [-0.15, -0.1) is 0 Å². The molecule has 0 unspecified atom stereocenters. The van der Waals surface area contributed by atoms with Crippen molar-refractivity contribution in [3.63, 3.8) is 0 Å². The van der Waals surface area contributed by atoms with Gasteiger partial charge in [0, 0.05) is 50.4 Å². The summed E-state index contributed by atoms with van der Waals surface area (Å²) in [7, 11) is 0. The van der Waals surface area contributed by atoms with E-state index in [9.17, 15) is 0 Å². The maximum atomic E-state index is 7.01. The summed E-state index contributed by atoms with van der Waals surface area (Å²) in [6.45, 7) is 17.4. The van der Waals surface area contributed by atoms with Gasteiger partial charge in [-0.25, -0.2) is 0 Å². The van der Waals surface area contributed by atoms with Crippen LogP contribution in [0.1, 0.15) is 46.0 Å². The third-order valence-corrected chi connectivity index (χ3v) is 12.6. The Morgan fingerprint density at radius 2 is 1.11 bits per heavy atom. The summed E-state index contributed by atoms with van der Waals surface area (Å²) in [5.74, 6) is 3.55. The predicted octanol–water partition coefficient (Wildman–Crippen LogP) is 8.52. The highest BCUT2D eigenvalue weighted by atomic mass is 16.5. The Morgan fingerprint density at radius 3 is 1.78 bits per heavy atom. The first-order valence-corrected chi connectivity index (χ1v) is 19.0. The lowest BCUT2D eigenvalue weighted by Gasteiger charge is -2.38. The molecule has 0 saturated carbocycles. The van der Waals surface area contributed by atoms with Crippen LogP contribution in [0.5, 0.6) is 23.0 Å². The number of nitrogens with zero attached hydrogens (tertiary/aromatic N) is 2. The number of rotatable bonds is 1. The van der Waals surface area contributed by atoms with E-state index in [1.807, 2.05) is 6.08 Å². The lowest BCUT2D eigenvalue weighted by molar-refractivity contribution is 0.465. The molecule has 0 fully saturated rings. The molecule has 0 radical (unpaired) electrons. The van der Waals surface area contributed by atoms with Gasteiger partial charge in [-0.1, -0.05) is 59.7 Å². The van der Waals surface area contributed by atoms with Crippen LogP contribution in [0, 0.1) is 34.6 Å². The molecule has 2 aromatic heterocycles. The summed E-state index contributed by atoms with van der Waals surface area (Å²) in [6.07, 6.45) is 4.36. The van der Waals surface area contributed by atoms with Gasteiger partial charge in [0.15, 0.2) is 0 Å². The number of allylic oxidation sites excluding steroid dienone is 1. The number of aryl methyl sites for hydroxylation is 5. The fraction of sp³-hybridized carbons (Fsp3) is 0.125. The van der Waals surface area contributed by atoms with Gasteiger partial charge < -0.3 is 18.6 Å². The van der Waals surface area contributed by atoms with Gasteiger partial charge >= 0.3 is 0 Å². The Bertz CT molecular complexity index is 3160. The highest BCUT2D eigenvalue weighted by molar-refractivity contribution is 7.03. The second-order valence-electron chi connectivity index (χ2n) is 16.1. The maximum Gasteiger partial charge on any atom is 0.256 e. The van der Waals surface area contributed by atoms with Crippen LogP contribution in [-0.4, -0.2) is 22.6 Å². The third kappa shape index (κ3) is 3.61. The molecule has 4 aliphatic heterocycles. The zero-order valence-corrected chi connectivity index (χ0v) is 31.3. The number of fused-ring (bicyclic) bond motifs is 13. The molecule has 0 atom stereocenters. The average molecular weight is 694 g/mol. The first kappa shape index (κ1) is 30.3. The van der Waals surface area contributed by atoms with Gasteiger partial charge in [-0.05, 0) is 140 Å². The molecule has 6 heterocycles. The fourth-order valence-electron chi connectivity index (χ4n) is 10.6. The Morgan fingerprint density at radius 1 is 0.537 bits per heavy atom.